The van der Waals surface area contributed by atoms with Crippen molar-refractivity contribution in [3.05, 3.63) is 22.5 Å². The smallest absolute Gasteiger partial charge is 0.306 e. The molecule has 0 unspecified atom stereocenters. The third-order valence-electron chi connectivity index (χ3n) is 2.71. The van der Waals surface area contributed by atoms with Crippen molar-refractivity contribution in [1.29, 1.82) is 0 Å². The van der Waals surface area contributed by atoms with Crippen molar-refractivity contribution >= 4 is 17.5 Å². The molecule has 1 heterocycles. The van der Waals surface area contributed by atoms with E-state index in [-0.39, 0.29) is 42.6 Å². The number of carbonyl (C=O) groups excluding carboxylic acids is 2. The molecule has 0 aliphatic rings. The third-order valence-corrected chi connectivity index (χ3v) is 2.71. The minimum Gasteiger partial charge on any atom is -0.350 e. The van der Waals surface area contributed by atoms with Gasteiger partial charge in [-0.05, 0) is 20.8 Å². The number of carbonyl (C=O) groups is 2. The van der Waals surface area contributed by atoms with Gasteiger partial charge in [-0.25, -0.2) is 0 Å². The Bertz CT molecular complexity index is 561. The predicted molar refractivity (Wildman–Crippen MR) is 79.0 cm³/mol. The molecular weight excluding hydrogens is 290 g/mol. The van der Waals surface area contributed by atoms with E-state index in [4.69, 9.17) is 0 Å². The summed E-state index contributed by atoms with van der Waals surface area (Å²) >= 11 is 0. The highest BCUT2D eigenvalue weighted by Crippen LogP contribution is 2.08. The number of aryl methyl sites for hydroxylation is 1. The number of rotatable bonds is 6. The molecule has 0 saturated heterocycles. The maximum absolute atomic E-state index is 11.9. The Morgan fingerprint density at radius 1 is 1.45 bits per heavy atom. The van der Waals surface area contributed by atoms with Crippen molar-refractivity contribution in [3.63, 3.8) is 0 Å². The largest absolute Gasteiger partial charge is 0.350 e. The van der Waals surface area contributed by atoms with Gasteiger partial charge in [-0.3, -0.25) is 24.4 Å². The summed E-state index contributed by atoms with van der Waals surface area (Å²) in [5.41, 5.74) is -0.472. The molecule has 0 spiro atoms. The number of hydrogen-bond donors (Lipinski definition) is 1. The van der Waals surface area contributed by atoms with Crippen LogP contribution in [0, 0.1) is 10.1 Å². The number of nitrogens with one attached hydrogen (secondary N) is 1. The first-order chi connectivity index (χ1) is 10.1. The van der Waals surface area contributed by atoms with Crippen LogP contribution in [0.15, 0.2) is 12.4 Å². The van der Waals surface area contributed by atoms with Crippen LogP contribution in [0.1, 0.15) is 27.2 Å². The van der Waals surface area contributed by atoms with Crippen molar-refractivity contribution in [1.82, 2.24) is 20.0 Å². The molecule has 0 fully saturated rings. The van der Waals surface area contributed by atoms with Crippen molar-refractivity contribution in [2.75, 3.05) is 13.6 Å². The first-order valence-electron chi connectivity index (χ1n) is 6.80. The molecule has 0 aliphatic heterocycles. The molecule has 0 aromatic carbocycles. The van der Waals surface area contributed by atoms with E-state index in [1.807, 2.05) is 20.8 Å². The van der Waals surface area contributed by atoms with Gasteiger partial charge < -0.3 is 10.2 Å². The number of nitro groups is 1. The van der Waals surface area contributed by atoms with E-state index in [1.54, 1.807) is 0 Å². The van der Waals surface area contributed by atoms with Crippen LogP contribution in [0.5, 0.6) is 0 Å². The lowest BCUT2D eigenvalue weighted by Crippen LogP contribution is -2.46. The molecule has 9 nitrogen and oxygen atoms in total. The number of hydrogen-bond acceptors (Lipinski definition) is 5. The summed E-state index contributed by atoms with van der Waals surface area (Å²) in [6.07, 6.45) is 2.50. The zero-order chi connectivity index (χ0) is 16.9. The fraction of sp³-hybridized carbons (Fsp3) is 0.615. The van der Waals surface area contributed by atoms with Crippen LogP contribution >= 0.6 is 0 Å². The van der Waals surface area contributed by atoms with Crippen LogP contribution < -0.4 is 5.32 Å². The Labute approximate surface area is 128 Å². The molecule has 1 N–H and O–H groups in total. The summed E-state index contributed by atoms with van der Waals surface area (Å²) in [6, 6.07) is 0. The van der Waals surface area contributed by atoms with E-state index in [0.29, 0.717) is 0 Å². The van der Waals surface area contributed by atoms with Gasteiger partial charge in [0, 0.05) is 25.6 Å². The fourth-order valence-electron chi connectivity index (χ4n) is 1.73. The van der Waals surface area contributed by atoms with E-state index in [9.17, 15) is 19.7 Å². The van der Waals surface area contributed by atoms with Crippen LogP contribution in [-0.4, -0.2) is 50.5 Å². The highest BCUT2D eigenvalue weighted by Gasteiger charge is 2.18. The van der Waals surface area contributed by atoms with Crippen LogP contribution in [0.3, 0.4) is 0 Å². The van der Waals surface area contributed by atoms with E-state index < -0.39 is 4.92 Å². The van der Waals surface area contributed by atoms with Gasteiger partial charge in [0.05, 0.1) is 11.5 Å². The molecule has 0 aliphatic carbocycles. The number of amides is 2. The Balaban J connectivity index is 2.43. The summed E-state index contributed by atoms with van der Waals surface area (Å²) in [4.78, 5) is 35.0. The Morgan fingerprint density at radius 2 is 2.09 bits per heavy atom. The van der Waals surface area contributed by atoms with Gasteiger partial charge in [0.1, 0.15) is 12.4 Å². The molecule has 2 amide bonds. The maximum Gasteiger partial charge on any atom is 0.306 e. The predicted octanol–water partition coefficient (Wildman–Crippen LogP) is 0.554. The highest BCUT2D eigenvalue weighted by atomic mass is 16.6. The second-order valence-corrected chi connectivity index (χ2v) is 6.02. The molecule has 9 heteroatoms. The van der Waals surface area contributed by atoms with Gasteiger partial charge in [0.2, 0.25) is 11.8 Å². The van der Waals surface area contributed by atoms with Gasteiger partial charge in [0.15, 0.2) is 0 Å². The topological polar surface area (TPSA) is 110 Å². The molecule has 1 aromatic heterocycles. The van der Waals surface area contributed by atoms with Crippen molar-refractivity contribution < 1.29 is 14.5 Å². The highest BCUT2D eigenvalue weighted by molar-refractivity contribution is 5.84. The maximum atomic E-state index is 11.9. The lowest BCUT2D eigenvalue weighted by Gasteiger charge is -2.23. The number of aromatic nitrogens is 2. The van der Waals surface area contributed by atoms with Gasteiger partial charge in [-0.2, -0.15) is 5.10 Å². The van der Waals surface area contributed by atoms with Crippen LogP contribution in [0.4, 0.5) is 5.69 Å². The molecule has 0 atom stereocenters. The summed E-state index contributed by atoms with van der Waals surface area (Å²) < 4.78 is 1.33. The normalized spacial score (nSPS) is 11.1. The molecule has 122 valence electrons. The minimum atomic E-state index is -0.547. The monoisotopic (exact) mass is 311 g/mol. The van der Waals surface area contributed by atoms with Crippen molar-refractivity contribution in [2.24, 2.45) is 0 Å². The molecule has 0 saturated carbocycles. The van der Waals surface area contributed by atoms with Gasteiger partial charge in [-0.15, -0.1) is 0 Å². The SMILES string of the molecule is CN(CC(=O)NC(C)(C)C)C(=O)CCn1cc([N+](=O)[O-])cn1. The van der Waals surface area contributed by atoms with Gasteiger partial charge in [0.25, 0.3) is 0 Å². The molecular formula is C13H21N5O4. The molecule has 22 heavy (non-hydrogen) atoms. The van der Waals surface area contributed by atoms with Crippen LogP contribution in [-0.2, 0) is 16.1 Å². The van der Waals surface area contributed by atoms with Crippen LogP contribution in [0.2, 0.25) is 0 Å². The number of likely N-dealkylation sites (N-methyl/N-ethyl adjacent to an activating group) is 1. The van der Waals surface area contributed by atoms with Gasteiger partial charge >= 0.3 is 5.69 Å². The second kappa shape index (κ2) is 7.01. The Hall–Kier alpha value is -2.45. The van der Waals surface area contributed by atoms with E-state index in [1.165, 1.54) is 22.8 Å². The first kappa shape index (κ1) is 17.6. The average molecular weight is 311 g/mol. The zero-order valence-electron chi connectivity index (χ0n) is 13.2. The quantitative estimate of drug-likeness (QED) is 0.609. The Morgan fingerprint density at radius 3 is 2.59 bits per heavy atom. The summed E-state index contributed by atoms with van der Waals surface area (Å²) in [5.74, 6) is -0.472. The summed E-state index contributed by atoms with van der Waals surface area (Å²) in [5, 5.41) is 17.1. The van der Waals surface area contributed by atoms with E-state index in [2.05, 4.69) is 10.4 Å². The van der Waals surface area contributed by atoms with E-state index >= 15 is 0 Å². The standard InChI is InChI=1S/C13H21N5O4/c1-13(2,3)15-11(19)9-16(4)12(20)5-6-17-8-10(7-14-17)18(21)22/h7-8H,5-6,9H2,1-4H3,(H,15,19). The lowest BCUT2D eigenvalue weighted by molar-refractivity contribution is -0.385. The Kier molecular flexibility index (Phi) is 5.61. The lowest BCUT2D eigenvalue weighted by atomic mass is 10.1. The zero-order valence-corrected chi connectivity index (χ0v) is 13.2. The second-order valence-electron chi connectivity index (χ2n) is 6.02. The molecule has 0 bridgehead atoms. The van der Waals surface area contributed by atoms with Crippen molar-refractivity contribution in [3.8, 4) is 0 Å². The van der Waals surface area contributed by atoms with E-state index in [0.717, 1.165) is 6.20 Å². The van der Waals surface area contributed by atoms with Crippen LogP contribution in [0.25, 0.3) is 0 Å². The fourth-order valence-corrected chi connectivity index (χ4v) is 1.73. The van der Waals surface area contributed by atoms with Gasteiger partial charge in [-0.1, -0.05) is 0 Å². The molecule has 1 rings (SSSR count). The average Bonchev–Trinajstić information content (AvgIpc) is 2.82. The minimum absolute atomic E-state index is 0.0324. The third kappa shape index (κ3) is 5.90. The van der Waals surface area contributed by atoms with Crippen molar-refractivity contribution in [2.45, 2.75) is 39.3 Å². The molecule has 1 aromatic rings. The summed E-state index contributed by atoms with van der Waals surface area (Å²) in [7, 11) is 1.54. The summed E-state index contributed by atoms with van der Waals surface area (Å²) in [6.45, 7) is 5.76. The first-order valence-corrected chi connectivity index (χ1v) is 6.80. The molecule has 0 radical (unpaired) electrons. The number of nitrogens with zero attached hydrogens (tertiary/aromatic N) is 4.